The summed E-state index contributed by atoms with van der Waals surface area (Å²) in [5.41, 5.74) is 1.71. The summed E-state index contributed by atoms with van der Waals surface area (Å²) >= 11 is 0. The minimum Gasteiger partial charge on any atom is -0.496 e. The number of hydrogen-bond acceptors (Lipinski definition) is 5. The van der Waals surface area contributed by atoms with E-state index in [1.807, 2.05) is 49.5 Å². The third-order valence-electron chi connectivity index (χ3n) is 4.75. The lowest BCUT2D eigenvalue weighted by atomic mass is 10.1. The molecular formula is C21H21N5O2. The van der Waals surface area contributed by atoms with Crippen LogP contribution in [0.25, 0.3) is 10.9 Å². The van der Waals surface area contributed by atoms with E-state index in [-0.39, 0.29) is 5.56 Å². The van der Waals surface area contributed by atoms with Crippen LogP contribution in [0.1, 0.15) is 17.2 Å². The first-order chi connectivity index (χ1) is 13.7. The van der Waals surface area contributed by atoms with E-state index in [1.165, 1.54) is 0 Å². The van der Waals surface area contributed by atoms with Crippen molar-refractivity contribution in [2.24, 2.45) is 7.05 Å². The maximum absolute atomic E-state index is 12.6. The Morgan fingerprint density at radius 3 is 2.71 bits per heavy atom. The van der Waals surface area contributed by atoms with Crippen molar-refractivity contribution in [1.29, 1.82) is 0 Å². The Bertz CT molecular complexity index is 1180. The highest BCUT2D eigenvalue weighted by Crippen LogP contribution is 2.19. The number of fused-ring (bicyclic) bond motifs is 1. The average Bonchev–Trinajstić information content (AvgIpc) is 3.07. The molecule has 0 saturated heterocycles. The van der Waals surface area contributed by atoms with Gasteiger partial charge in [-0.3, -0.25) is 14.0 Å². The number of aromatic nitrogens is 5. The fraction of sp³-hybridized carbons (Fsp3) is 0.238. The number of benzene rings is 2. The van der Waals surface area contributed by atoms with Crippen molar-refractivity contribution in [3.05, 3.63) is 82.4 Å². The number of para-hydroxylation sites is 2. The molecule has 28 heavy (non-hydrogen) atoms. The SMILES string of the molecule is COc1ccccc1Cc1nc(CCn2cnc3ccccc3c2=O)n(C)n1. The minimum atomic E-state index is -0.0398. The van der Waals surface area contributed by atoms with Crippen LogP contribution in [-0.4, -0.2) is 31.4 Å². The van der Waals surface area contributed by atoms with Gasteiger partial charge in [-0.15, -0.1) is 0 Å². The fourth-order valence-electron chi connectivity index (χ4n) is 3.27. The van der Waals surface area contributed by atoms with Gasteiger partial charge in [-0.1, -0.05) is 30.3 Å². The Morgan fingerprint density at radius 2 is 1.86 bits per heavy atom. The summed E-state index contributed by atoms with van der Waals surface area (Å²) in [5, 5.41) is 5.14. The second-order valence-corrected chi connectivity index (χ2v) is 6.57. The molecule has 7 nitrogen and oxygen atoms in total. The molecule has 0 N–H and O–H groups in total. The summed E-state index contributed by atoms with van der Waals surface area (Å²) in [7, 11) is 3.53. The van der Waals surface area contributed by atoms with Gasteiger partial charge in [0.25, 0.3) is 5.56 Å². The number of aryl methyl sites for hydroxylation is 3. The number of hydrogen-bond donors (Lipinski definition) is 0. The maximum atomic E-state index is 12.6. The quantitative estimate of drug-likeness (QED) is 0.517. The normalized spacial score (nSPS) is 11.1. The number of rotatable bonds is 6. The van der Waals surface area contributed by atoms with Crippen LogP contribution >= 0.6 is 0 Å². The molecule has 7 heteroatoms. The van der Waals surface area contributed by atoms with Crippen LogP contribution < -0.4 is 10.3 Å². The predicted molar refractivity (Wildman–Crippen MR) is 107 cm³/mol. The highest BCUT2D eigenvalue weighted by Gasteiger charge is 2.11. The zero-order valence-corrected chi connectivity index (χ0v) is 15.9. The van der Waals surface area contributed by atoms with Crippen molar-refractivity contribution >= 4 is 10.9 Å². The van der Waals surface area contributed by atoms with Crippen molar-refractivity contribution in [1.82, 2.24) is 24.3 Å². The number of nitrogens with zero attached hydrogens (tertiary/aromatic N) is 5. The molecular weight excluding hydrogens is 354 g/mol. The van der Waals surface area contributed by atoms with Crippen LogP contribution in [0.4, 0.5) is 0 Å². The van der Waals surface area contributed by atoms with Crippen LogP contribution in [-0.2, 0) is 26.4 Å². The molecule has 0 spiro atoms. The summed E-state index contributed by atoms with van der Waals surface area (Å²) in [6.07, 6.45) is 2.78. The molecule has 2 aromatic heterocycles. The zero-order valence-electron chi connectivity index (χ0n) is 15.9. The lowest BCUT2D eigenvalue weighted by Gasteiger charge is -2.06. The molecule has 0 atom stereocenters. The van der Waals surface area contributed by atoms with E-state index >= 15 is 0 Å². The van der Waals surface area contributed by atoms with E-state index in [9.17, 15) is 4.79 Å². The lowest BCUT2D eigenvalue weighted by Crippen LogP contribution is -2.22. The van der Waals surface area contributed by atoms with E-state index in [1.54, 1.807) is 28.8 Å². The number of methoxy groups -OCH3 is 1. The average molecular weight is 375 g/mol. The smallest absolute Gasteiger partial charge is 0.261 e. The van der Waals surface area contributed by atoms with Crippen LogP contribution in [0.3, 0.4) is 0 Å². The van der Waals surface area contributed by atoms with Gasteiger partial charge in [-0.05, 0) is 18.2 Å². The molecule has 2 heterocycles. The Hall–Kier alpha value is -3.48. The first kappa shape index (κ1) is 17.9. The fourth-order valence-corrected chi connectivity index (χ4v) is 3.27. The van der Waals surface area contributed by atoms with Crippen LogP contribution in [0.5, 0.6) is 5.75 Å². The monoisotopic (exact) mass is 375 g/mol. The summed E-state index contributed by atoms with van der Waals surface area (Å²) < 4.78 is 8.79. The Morgan fingerprint density at radius 1 is 1.07 bits per heavy atom. The van der Waals surface area contributed by atoms with Gasteiger partial charge < -0.3 is 4.74 Å². The van der Waals surface area contributed by atoms with Crippen LogP contribution in [0.15, 0.2) is 59.7 Å². The maximum Gasteiger partial charge on any atom is 0.261 e. The molecule has 0 fully saturated rings. The molecule has 4 rings (SSSR count). The zero-order chi connectivity index (χ0) is 19.5. The molecule has 0 amide bonds. The van der Waals surface area contributed by atoms with Crippen molar-refractivity contribution in [2.45, 2.75) is 19.4 Å². The molecule has 0 saturated carbocycles. The van der Waals surface area contributed by atoms with Gasteiger partial charge in [0.1, 0.15) is 11.6 Å². The standard InChI is InChI=1S/C21H21N5O2/c1-25-20(23-19(24-25)13-15-7-3-6-10-18(15)28-2)11-12-26-14-22-17-9-5-4-8-16(17)21(26)27/h3-10,14H,11-13H2,1-2H3. The molecule has 0 bridgehead atoms. The van der Waals surface area contributed by atoms with Crippen molar-refractivity contribution in [3.63, 3.8) is 0 Å². The first-order valence-electron chi connectivity index (χ1n) is 9.10. The van der Waals surface area contributed by atoms with Gasteiger partial charge in [-0.2, -0.15) is 5.10 Å². The van der Waals surface area contributed by atoms with E-state index in [4.69, 9.17) is 4.74 Å². The third kappa shape index (κ3) is 3.51. The Balaban J connectivity index is 1.52. The molecule has 142 valence electrons. The summed E-state index contributed by atoms with van der Waals surface area (Å²) in [6.45, 7) is 0.497. The van der Waals surface area contributed by atoms with Gasteiger partial charge in [0.05, 0.1) is 24.3 Å². The summed E-state index contributed by atoms with van der Waals surface area (Å²) in [5.74, 6) is 2.38. The van der Waals surface area contributed by atoms with E-state index < -0.39 is 0 Å². The van der Waals surface area contributed by atoms with Gasteiger partial charge in [0.15, 0.2) is 5.82 Å². The minimum absolute atomic E-state index is 0.0398. The second kappa shape index (κ2) is 7.64. The van der Waals surface area contributed by atoms with Gasteiger partial charge in [0.2, 0.25) is 0 Å². The summed E-state index contributed by atoms with van der Waals surface area (Å²) in [4.78, 5) is 21.6. The third-order valence-corrected chi connectivity index (χ3v) is 4.75. The predicted octanol–water partition coefficient (Wildman–Crippen LogP) is 2.37. The molecule has 4 aromatic rings. The van der Waals surface area contributed by atoms with E-state index in [0.29, 0.717) is 30.3 Å². The lowest BCUT2D eigenvalue weighted by molar-refractivity contribution is 0.410. The van der Waals surface area contributed by atoms with E-state index in [0.717, 1.165) is 23.0 Å². The topological polar surface area (TPSA) is 74.8 Å². The molecule has 0 aliphatic rings. The molecule has 0 radical (unpaired) electrons. The van der Waals surface area contributed by atoms with Crippen molar-refractivity contribution in [3.8, 4) is 5.75 Å². The molecule has 0 aliphatic heterocycles. The van der Waals surface area contributed by atoms with Crippen LogP contribution in [0.2, 0.25) is 0 Å². The Labute approximate surface area is 162 Å². The highest BCUT2D eigenvalue weighted by molar-refractivity contribution is 5.76. The van der Waals surface area contributed by atoms with Crippen LogP contribution in [0, 0.1) is 0 Å². The molecule has 0 aliphatic carbocycles. The second-order valence-electron chi connectivity index (χ2n) is 6.57. The number of ether oxygens (including phenoxy) is 1. The molecule has 2 aromatic carbocycles. The largest absolute Gasteiger partial charge is 0.496 e. The van der Waals surface area contributed by atoms with Gasteiger partial charge >= 0.3 is 0 Å². The van der Waals surface area contributed by atoms with Crippen molar-refractivity contribution in [2.75, 3.05) is 7.11 Å². The first-order valence-corrected chi connectivity index (χ1v) is 9.10. The van der Waals surface area contributed by atoms with Crippen molar-refractivity contribution < 1.29 is 4.74 Å². The molecule has 0 unspecified atom stereocenters. The summed E-state index contributed by atoms with van der Waals surface area (Å²) in [6, 6.07) is 15.2. The van der Waals surface area contributed by atoms with Gasteiger partial charge in [-0.25, -0.2) is 9.97 Å². The van der Waals surface area contributed by atoms with Gasteiger partial charge in [0, 0.05) is 32.0 Å². The van der Waals surface area contributed by atoms with E-state index in [2.05, 4.69) is 15.1 Å². The highest BCUT2D eigenvalue weighted by atomic mass is 16.5. The Kier molecular flexibility index (Phi) is 4.89.